The minimum absolute atomic E-state index is 0.0891. The number of methoxy groups -OCH3 is 1. The first-order chi connectivity index (χ1) is 13.5. The monoisotopic (exact) mass is 409 g/mol. The molecule has 2 amide bonds. The molecule has 0 unspecified atom stereocenters. The lowest BCUT2D eigenvalue weighted by molar-refractivity contribution is -0.131. The third-order valence-corrected chi connectivity index (χ3v) is 5.52. The van der Waals surface area contributed by atoms with Crippen molar-refractivity contribution in [1.29, 1.82) is 0 Å². The largest absolute Gasteiger partial charge is 0.493 e. The maximum Gasteiger partial charge on any atom is 0.254 e. The molecule has 0 aromatic heterocycles. The molecule has 0 bridgehead atoms. The Morgan fingerprint density at radius 2 is 1.71 bits per heavy atom. The summed E-state index contributed by atoms with van der Waals surface area (Å²) in [5, 5.41) is 0.361. The number of nitrogens with zero attached hydrogens (tertiary/aromatic N) is 3. The van der Waals surface area contributed by atoms with E-state index < -0.39 is 0 Å². The van der Waals surface area contributed by atoms with Gasteiger partial charge in [-0.15, -0.1) is 0 Å². The van der Waals surface area contributed by atoms with Crippen molar-refractivity contribution in [3.63, 3.8) is 0 Å². The highest BCUT2D eigenvalue weighted by molar-refractivity contribution is 6.32. The average Bonchev–Trinajstić information content (AvgIpc) is 3.24. The summed E-state index contributed by atoms with van der Waals surface area (Å²) in [7, 11) is 1.53. The van der Waals surface area contributed by atoms with E-state index in [0.29, 0.717) is 61.4 Å². The molecule has 0 saturated carbocycles. The standard InChI is InChI=1S/C20H28ClN3O4/c1-3-28-19-16(21)12-15(13-17(19)27-2)20(26)24-10-8-22(9-11-24)14-18(25)23-6-4-5-7-23/h12-13H,3-11,14H2,1-2H3. The lowest BCUT2D eigenvalue weighted by Gasteiger charge is -2.35. The van der Waals surface area contributed by atoms with Crippen LogP contribution in [0.2, 0.25) is 5.02 Å². The number of ether oxygens (including phenoxy) is 2. The SMILES string of the molecule is CCOc1c(Cl)cc(C(=O)N2CCN(CC(=O)N3CCCC3)CC2)cc1OC. The number of benzene rings is 1. The molecule has 28 heavy (non-hydrogen) atoms. The molecule has 0 radical (unpaired) electrons. The molecule has 8 heteroatoms. The summed E-state index contributed by atoms with van der Waals surface area (Å²) in [5.41, 5.74) is 0.479. The van der Waals surface area contributed by atoms with E-state index in [2.05, 4.69) is 4.90 Å². The third kappa shape index (κ3) is 4.70. The Labute approximate surface area is 171 Å². The second-order valence-electron chi connectivity index (χ2n) is 7.08. The van der Waals surface area contributed by atoms with Crippen LogP contribution in [0.1, 0.15) is 30.1 Å². The van der Waals surface area contributed by atoms with Crippen molar-refractivity contribution in [3.8, 4) is 11.5 Å². The molecule has 0 aliphatic carbocycles. The number of hydrogen-bond acceptors (Lipinski definition) is 5. The fourth-order valence-electron chi connectivity index (χ4n) is 3.68. The first kappa shape index (κ1) is 20.7. The summed E-state index contributed by atoms with van der Waals surface area (Å²) in [6.07, 6.45) is 2.20. The van der Waals surface area contributed by atoms with E-state index >= 15 is 0 Å². The van der Waals surface area contributed by atoms with E-state index in [1.54, 1.807) is 17.0 Å². The van der Waals surface area contributed by atoms with E-state index in [1.807, 2.05) is 11.8 Å². The van der Waals surface area contributed by atoms with Gasteiger partial charge >= 0.3 is 0 Å². The number of amides is 2. The zero-order valence-electron chi connectivity index (χ0n) is 16.6. The molecular weight excluding hydrogens is 382 g/mol. The number of halogens is 1. The lowest BCUT2D eigenvalue weighted by atomic mass is 10.1. The van der Waals surface area contributed by atoms with Crippen molar-refractivity contribution in [3.05, 3.63) is 22.7 Å². The maximum atomic E-state index is 12.9. The van der Waals surface area contributed by atoms with Gasteiger partial charge in [-0.1, -0.05) is 11.6 Å². The number of likely N-dealkylation sites (tertiary alicyclic amines) is 1. The van der Waals surface area contributed by atoms with Gasteiger partial charge in [0.2, 0.25) is 5.91 Å². The van der Waals surface area contributed by atoms with Crippen LogP contribution in [-0.4, -0.2) is 86.0 Å². The zero-order valence-corrected chi connectivity index (χ0v) is 17.3. The number of rotatable bonds is 6. The van der Waals surface area contributed by atoms with Crippen molar-refractivity contribution < 1.29 is 19.1 Å². The highest BCUT2D eigenvalue weighted by Crippen LogP contribution is 2.36. The van der Waals surface area contributed by atoms with Crippen LogP contribution in [0, 0.1) is 0 Å². The predicted octanol–water partition coefficient (Wildman–Crippen LogP) is 2.13. The molecular formula is C20H28ClN3O4. The van der Waals surface area contributed by atoms with Gasteiger partial charge in [-0.25, -0.2) is 0 Å². The quantitative estimate of drug-likeness (QED) is 0.720. The van der Waals surface area contributed by atoms with Crippen LogP contribution in [0.15, 0.2) is 12.1 Å². The summed E-state index contributed by atoms with van der Waals surface area (Å²) in [4.78, 5) is 31.1. The van der Waals surface area contributed by atoms with Crippen molar-refractivity contribution >= 4 is 23.4 Å². The molecule has 154 valence electrons. The van der Waals surface area contributed by atoms with Gasteiger partial charge < -0.3 is 19.3 Å². The fraction of sp³-hybridized carbons (Fsp3) is 0.600. The maximum absolute atomic E-state index is 12.9. The molecule has 1 aromatic rings. The Morgan fingerprint density at radius 3 is 2.32 bits per heavy atom. The van der Waals surface area contributed by atoms with Crippen LogP contribution < -0.4 is 9.47 Å². The number of carbonyl (C=O) groups is 2. The Balaban J connectivity index is 1.59. The highest BCUT2D eigenvalue weighted by atomic mass is 35.5. The first-order valence-corrected chi connectivity index (χ1v) is 10.2. The van der Waals surface area contributed by atoms with Crippen molar-refractivity contribution in [1.82, 2.24) is 14.7 Å². The molecule has 2 aliphatic rings. The second kappa shape index (κ2) is 9.47. The summed E-state index contributed by atoms with van der Waals surface area (Å²) in [6.45, 7) is 7.04. The molecule has 3 rings (SSSR count). The van der Waals surface area contributed by atoms with Crippen LogP contribution in [0.25, 0.3) is 0 Å². The summed E-state index contributed by atoms with van der Waals surface area (Å²) in [6, 6.07) is 3.29. The van der Waals surface area contributed by atoms with Crippen molar-refractivity contribution in [2.24, 2.45) is 0 Å². The lowest BCUT2D eigenvalue weighted by Crippen LogP contribution is -2.51. The molecule has 2 heterocycles. The zero-order chi connectivity index (χ0) is 20.1. The topological polar surface area (TPSA) is 62.3 Å². The van der Waals surface area contributed by atoms with Gasteiger partial charge in [-0.2, -0.15) is 0 Å². The minimum atomic E-state index is -0.0891. The number of piperazine rings is 1. The molecule has 1 aromatic carbocycles. The molecule has 7 nitrogen and oxygen atoms in total. The molecule has 0 atom stereocenters. The molecule has 0 spiro atoms. The van der Waals surface area contributed by atoms with Crippen LogP contribution in [0.3, 0.4) is 0 Å². The van der Waals surface area contributed by atoms with E-state index in [0.717, 1.165) is 25.9 Å². The summed E-state index contributed by atoms with van der Waals surface area (Å²) < 4.78 is 10.8. The van der Waals surface area contributed by atoms with Crippen LogP contribution in [0.4, 0.5) is 0 Å². The third-order valence-electron chi connectivity index (χ3n) is 5.24. The predicted molar refractivity (Wildman–Crippen MR) is 107 cm³/mol. The van der Waals surface area contributed by atoms with Crippen molar-refractivity contribution in [2.45, 2.75) is 19.8 Å². The van der Waals surface area contributed by atoms with Gasteiger partial charge in [-0.3, -0.25) is 14.5 Å². The van der Waals surface area contributed by atoms with Crippen LogP contribution in [0.5, 0.6) is 11.5 Å². The summed E-state index contributed by atoms with van der Waals surface area (Å²) in [5.74, 6) is 1.01. The number of hydrogen-bond donors (Lipinski definition) is 0. The van der Waals surface area contributed by atoms with Gasteiger partial charge in [0, 0.05) is 44.8 Å². The van der Waals surface area contributed by atoms with Gasteiger partial charge in [-0.05, 0) is 31.9 Å². The van der Waals surface area contributed by atoms with Gasteiger partial charge in [0.05, 0.1) is 25.3 Å². The van der Waals surface area contributed by atoms with E-state index in [4.69, 9.17) is 21.1 Å². The normalized spacial score (nSPS) is 17.7. The van der Waals surface area contributed by atoms with Gasteiger partial charge in [0.25, 0.3) is 5.91 Å². The second-order valence-corrected chi connectivity index (χ2v) is 7.49. The van der Waals surface area contributed by atoms with E-state index in [-0.39, 0.29) is 11.8 Å². The minimum Gasteiger partial charge on any atom is -0.493 e. The average molecular weight is 410 g/mol. The highest BCUT2D eigenvalue weighted by Gasteiger charge is 2.26. The fourth-order valence-corrected chi connectivity index (χ4v) is 3.94. The van der Waals surface area contributed by atoms with E-state index in [9.17, 15) is 9.59 Å². The van der Waals surface area contributed by atoms with Crippen molar-refractivity contribution in [2.75, 3.05) is 59.5 Å². The van der Waals surface area contributed by atoms with E-state index in [1.165, 1.54) is 7.11 Å². The molecule has 0 N–H and O–H groups in total. The molecule has 2 fully saturated rings. The Hall–Kier alpha value is -1.99. The Morgan fingerprint density at radius 1 is 1.04 bits per heavy atom. The molecule has 2 aliphatic heterocycles. The Kier molecular flexibility index (Phi) is 7.02. The van der Waals surface area contributed by atoms with Gasteiger partial charge in [0.15, 0.2) is 11.5 Å². The first-order valence-electron chi connectivity index (χ1n) is 9.83. The smallest absolute Gasteiger partial charge is 0.254 e. The summed E-state index contributed by atoms with van der Waals surface area (Å²) >= 11 is 6.29. The Bertz CT molecular complexity index is 714. The molecule has 2 saturated heterocycles. The van der Waals surface area contributed by atoms with Crippen LogP contribution >= 0.6 is 11.6 Å². The number of carbonyl (C=O) groups excluding carboxylic acids is 2. The van der Waals surface area contributed by atoms with Gasteiger partial charge in [0.1, 0.15) is 0 Å². The van der Waals surface area contributed by atoms with Crippen LogP contribution in [-0.2, 0) is 4.79 Å².